The monoisotopic (exact) mass is 311 g/mol. The minimum atomic E-state index is -0.818. The minimum Gasteiger partial charge on any atom is -0.481 e. The van der Waals surface area contributed by atoms with Gasteiger partial charge in [-0.1, -0.05) is 22.0 Å². The van der Waals surface area contributed by atoms with Crippen LogP contribution in [-0.2, 0) is 4.79 Å². The molecule has 0 aromatic heterocycles. The Morgan fingerprint density at radius 1 is 1.39 bits per heavy atom. The fourth-order valence-electron chi connectivity index (χ4n) is 2.17. The number of aliphatic carboxylic acids is 1. The van der Waals surface area contributed by atoms with Crippen molar-refractivity contribution in [2.75, 3.05) is 13.1 Å². The van der Waals surface area contributed by atoms with Crippen LogP contribution in [0.5, 0.6) is 0 Å². The highest BCUT2D eigenvalue weighted by Crippen LogP contribution is 2.20. The van der Waals surface area contributed by atoms with Crippen molar-refractivity contribution in [3.63, 3.8) is 0 Å². The molecule has 96 valence electrons. The highest BCUT2D eigenvalue weighted by Gasteiger charge is 2.28. The van der Waals surface area contributed by atoms with Crippen LogP contribution in [0.1, 0.15) is 23.2 Å². The predicted molar refractivity (Wildman–Crippen MR) is 70.4 cm³/mol. The highest BCUT2D eigenvalue weighted by molar-refractivity contribution is 9.10. The lowest BCUT2D eigenvalue weighted by Crippen LogP contribution is -2.42. The van der Waals surface area contributed by atoms with Crippen LogP contribution in [-0.4, -0.2) is 35.0 Å². The molecule has 5 heteroatoms. The third-order valence-electron chi connectivity index (χ3n) is 3.13. The van der Waals surface area contributed by atoms with Gasteiger partial charge in [0, 0.05) is 23.1 Å². The first-order chi connectivity index (χ1) is 8.58. The summed E-state index contributed by atoms with van der Waals surface area (Å²) in [6.45, 7) is 0.940. The van der Waals surface area contributed by atoms with Crippen LogP contribution in [0.4, 0.5) is 0 Å². The van der Waals surface area contributed by atoms with E-state index in [-0.39, 0.29) is 5.91 Å². The topological polar surface area (TPSA) is 57.6 Å². The summed E-state index contributed by atoms with van der Waals surface area (Å²) in [4.78, 5) is 24.8. The largest absolute Gasteiger partial charge is 0.481 e. The van der Waals surface area contributed by atoms with Crippen molar-refractivity contribution in [1.82, 2.24) is 4.90 Å². The van der Waals surface area contributed by atoms with Crippen molar-refractivity contribution in [2.45, 2.75) is 12.8 Å². The molecule has 1 amide bonds. The molecule has 2 rings (SSSR count). The summed E-state index contributed by atoms with van der Waals surface area (Å²) < 4.78 is 0.847. The number of hydrogen-bond donors (Lipinski definition) is 1. The molecule has 1 aromatic rings. The summed E-state index contributed by atoms with van der Waals surface area (Å²) in [7, 11) is 0. The summed E-state index contributed by atoms with van der Waals surface area (Å²) in [5, 5.41) is 9.01. The molecule has 0 radical (unpaired) electrons. The number of carbonyl (C=O) groups is 2. The van der Waals surface area contributed by atoms with Gasteiger partial charge in [0.15, 0.2) is 0 Å². The van der Waals surface area contributed by atoms with Crippen LogP contribution in [0.15, 0.2) is 28.7 Å². The van der Waals surface area contributed by atoms with Gasteiger partial charge in [0.1, 0.15) is 0 Å². The van der Waals surface area contributed by atoms with E-state index in [0.29, 0.717) is 25.1 Å². The average Bonchev–Trinajstić information content (AvgIpc) is 2.38. The Morgan fingerprint density at radius 2 is 2.17 bits per heavy atom. The standard InChI is InChI=1S/C13H14BrNO3/c14-11-5-1-3-9(7-11)12(16)15-6-2-4-10(8-15)13(17)18/h1,3,5,7,10H,2,4,6,8H2,(H,17,18)/t10-/m0/s1. The Morgan fingerprint density at radius 3 is 2.83 bits per heavy atom. The van der Waals surface area contributed by atoms with Gasteiger partial charge in [-0.25, -0.2) is 0 Å². The number of rotatable bonds is 2. The molecule has 1 aliphatic rings. The second kappa shape index (κ2) is 5.52. The van der Waals surface area contributed by atoms with E-state index in [1.54, 1.807) is 23.1 Å². The maximum absolute atomic E-state index is 12.2. The molecule has 18 heavy (non-hydrogen) atoms. The number of likely N-dealkylation sites (tertiary alicyclic amines) is 1. The molecule has 1 atom stereocenters. The summed E-state index contributed by atoms with van der Waals surface area (Å²) >= 11 is 3.32. The molecule has 0 saturated carbocycles. The van der Waals surface area contributed by atoms with Gasteiger partial charge in [-0.15, -0.1) is 0 Å². The number of carbonyl (C=O) groups excluding carboxylic acids is 1. The van der Waals surface area contributed by atoms with E-state index in [1.807, 2.05) is 6.07 Å². The molecule has 1 fully saturated rings. The smallest absolute Gasteiger partial charge is 0.308 e. The van der Waals surface area contributed by atoms with E-state index in [1.165, 1.54) is 0 Å². The molecule has 1 heterocycles. The second-order valence-corrected chi connectivity index (χ2v) is 5.35. The molecule has 0 unspecified atom stereocenters. The van der Waals surface area contributed by atoms with Crippen LogP contribution in [0.25, 0.3) is 0 Å². The number of carboxylic acids is 1. The van der Waals surface area contributed by atoms with E-state index in [9.17, 15) is 9.59 Å². The third-order valence-corrected chi connectivity index (χ3v) is 3.62. The first-order valence-electron chi connectivity index (χ1n) is 5.85. The Hall–Kier alpha value is -1.36. The molecule has 1 N–H and O–H groups in total. The molecular formula is C13H14BrNO3. The van der Waals surface area contributed by atoms with Crippen molar-refractivity contribution in [2.24, 2.45) is 5.92 Å². The first kappa shape index (κ1) is 13.1. The minimum absolute atomic E-state index is 0.0951. The van der Waals surface area contributed by atoms with E-state index in [0.717, 1.165) is 10.9 Å². The zero-order chi connectivity index (χ0) is 13.1. The summed E-state index contributed by atoms with van der Waals surface area (Å²) in [5.74, 6) is -1.35. The van der Waals surface area contributed by atoms with Gasteiger partial charge in [-0.3, -0.25) is 9.59 Å². The van der Waals surface area contributed by atoms with E-state index >= 15 is 0 Å². The number of amides is 1. The lowest BCUT2D eigenvalue weighted by Gasteiger charge is -2.30. The Balaban J connectivity index is 2.11. The van der Waals surface area contributed by atoms with Crippen molar-refractivity contribution in [3.05, 3.63) is 34.3 Å². The average molecular weight is 312 g/mol. The Kier molecular flexibility index (Phi) is 4.01. The van der Waals surface area contributed by atoms with Crippen molar-refractivity contribution >= 4 is 27.8 Å². The normalized spacial score (nSPS) is 19.6. The lowest BCUT2D eigenvalue weighted by atomic mass is 9.97. The van der Waals surface area contributed by atoms with E-state index in [2.05, 4.69) is 15.9 Å². The quantitative estimate of drug-likeness (QED) is 0.912. The molecule has 4 nitrogen and oxygen atoms in total. The maximum Gasteiger partial charge on any atom is 0.308 e. The maximum atomic E-state index is 12.2. The number of benzene rings is 1. The number of hydrogen-bond acceptors (Lipinski definition) is 2. The molecule has 0 aliphatic carbocycles. The van der Waals surface area contributed by atoms with Gasteiger partial charge in [-0.2, -0.15) is 0 Å². The van der Waals surface area contributed by atoms with Crippen LogP contribution in [0.2, 0.25) is 0 Å². The first-order valence-corrected chi connectivity index (χ1v) is 6.65. The second-order valence-electron chi connectivity index (χ2n) is 4.44. The van der Waals surface area contributed by atoms with Crippen molar-refractivity contribution in [1.29, 1.82) is 0 Å². The number of halogens is 1. The fraction of sp³-hybridized carbons (Fsp3) is 0.385. The van der Waals surface area contributed by atoms with Crippen LogP contribution in [0.3, 0.4) is 0 Å². The summed E-state index contributed by atoms with van der Waals surface area (Å²) in [5.41, 5.74) is 0.593. The van der Waals surface area contributed by atoms with Gasteiger partial charge in [0.05, 0.1) is 5.92 Å². The van der Waals surface area contributed by atoms with Crippen molar-refractivity contribution in [3.8, 4) is 0 Å². The summed E-state index contributed by atoms with van der Waals surface area (Å²) in [6, 6.07) is 7.16. The molecule has 1 aliphatic heterocycles. The predicted octanol–water partition coefficient (Wildman–Crippen LogP) is 2.39. The van der Waals surface area contributed by atoms with Crippen LogP contribution >= 0.6 is 15.9 Å². The Bertz CT molecular complexity index is 475. The Labute approximate surface area is 114 Å². The molecule has 0 bridgehead atoms. The molecule has 1 saturated heterocycles. The SMILES string of the molecule is O=C(O)[C@H]1CCCN(C(=O)c2cccc(Br)c2)C1. The molecular weight excluding hydrogens is 298 g/mol. The van der Waals surface area contributed by atoms with Gasteiger partial charge >= 0.3 is 5.97 Å². The highest BCUT2D eigenvalue weighted by atomic mass is 79.9. The van der Waals surface area contributed by atoms with Crippen LogP contribution in [0, 0.1) is 5.92 Å². The zero-order valence-electron chi connectivity index (χ0n) is 9.80. The van der Waals surface area contributed by atoms with Gasteiger partial charge in [0.2, 0.25) is 0 Å². The number of piperidine rings is 1. The number of carboxylic acid groups (broad SMARTS) is 1. The van der Waals surface area contributed by atoms with Gasteiger partial charge in [0.25, 0.3) is 5.91 Å². The van der Waals surface area contributed by atoms with Crippen molar-refractivity contribution < 1.29 is 14.7 Å². The van der Waals surface area contributed by atoms with E-state index in [4.69, 9.17) is 5.11 Å². The lowest BCUT2D eigenvalue weighted by molar-refractivity contribution is -0.143. The van der Waals surface area contributed by atoms with Crippen LogP contribution < -0.4 is 0 Å². The van der Waals surface area contributed by atoms with Gasteiger partial charge in [-0.05, 0) is 31.0 Å². The summed E-state index contributed by atoms with van der Waals surface area (Å²) in [6.07, 6.45) is 1.40. The zero-order valence-corrected chi connectivity index (χ0v) is 11.4. The third kappa shape index (κ3) is 2.90. The molecule has 0 spiro atoms. The molecule has 1 aromatic carbocycles. The fourth-order valence-corrected chi connectivity index (χ4v) is 2.57. The number of nitrogens with zero attached hydrogens (tertiary/aromatic N) is 1. The van der Waals surface area contributed by atoms with E-state index < -0.39 is 11.9 Å². The van der Waals surface area contributed by atoms with Gasteiger partial charge < -0.3 is 10.0 Å².